The van der Waals surface area contributed by atoms with Gasteiger partial charge in [0, 0.05) is 49.0 Å². The summed E-state index contributed by atoms with van der Waals surface area (Å²) in [5, 5.41) is 9.10. The molecule has 2 aromatic carbocycles. The van der Waals surface area contributed by atoms with Crippen molar-refractivity contribution >= 4 is 5.69 Å². The summed E-state index contributed by atoms with van der Waals surface area (Å²) in [6.07, 6.45) is 7.21. The van der Waals surface area contributed by atoms with Gasteiger partial charge >= 0.3 is 0 Å². The van der Waals surface area contributed by atoms with Gasteiger partial charge in [-0.05, 0) is 73.9 Å². The number of nitrogens with zero attached hydrogens (tertiary/aromatic N) is 3. The van der Waals surface area contributed by atoms with Gasteiger partial charge in [0.25, 0.3) is 0 Å². The fraction of sp³-hybridized carbons (Fsp3) is 0.480. The van der Waals surface area contributed by atoms with Crippen LogP contribution >= 0.6 is 0 Å². The lowest BCUT2D eigenvalue weighted by molar-refractivity contribution is 0.239. The molecule has 5 heteroatoms. The highest BCUT2D eigenvalue weighted by molar-refractivity contribution is 5.80. The number of hydrogen-bond donors (Lipinski definition) is 1. The van der Waals surface area contributed by atoms with Crippen molar-refractivity contribution in [1.82, 2.24) is 4.90 Å². The lowest BCUT2D eigenvalue weighted by Gasteiger charge is -2.31. The summed E-state index contributed by atoms with van der Waals surface area (Å²) in [4.78, 5) is 5.00. The Morgan fingerprint density at radius 3 is 2.57 bits per heavy atom. The summed E-state index contributed by atoms with van der Waals surface area (Å²) in [6, 6.07) is 15.0. The maximum atomic E-state index is 14.4. The molecule has 3 atom stereocenters. The van der Waals surface area contributed by atoms with Crippen molar-refractivity contribution < 1.29 is 4.39 Å². The largest absolute Gasteiger partial charge is 0.371 e. The van der Waals surface area contributed by atoms with Crippen LogP contribution in [-0.2, 0) is 6.54 Å². The fourth-order valence-electron chi connectivity index (χ4n) is 5.70. The summed E-state index contributed by atoms with van der Waals surface area (Å²) in [6.45, 7) is 2.97. The van der Waals surface area contributed by atoms with Gasteiger partial charge in [0.05, 0.1) is 5.56 Å². The fourth-order valence-corrected chi connectivity index (χ4v) is 5.70. The quantitative estimate of drug-likeness (QED) is 0.820. The Hall–Kier alpha value is -2.42. The number of halogens is 1. The SMILES string of the molecule is N#Cc1ccc(-c2cc(CN3[C@@H]4CC[C@H]3[C@@H](N)C4)ccc2N2CCCCC2)cc1F. The zero-order chi connectivity index (χ0) is 20.7. The standard InChI is InChI=1S/C25H29FN4/c26-22-13-18(5-6-19(22)15-27)21-12-17(4-8-24(21)29-10-2-1-3-11-29)16-30-20-7-9-25(30)23(28)14-20/h4-6,8,12-13,20,23,25H,1-3,7,9-11,14,16,28H2/t20-,23+,25+/m1/s1. The third-order valence-electron chi connectivity index (χ3n) is 7.25. The maximum absolute atomic E-state index is 14.4. The Bertz CT molecular complexity index is 976. The van der Waals surface area contributed by atoms with Gasteiger partial charge < -0.3 is 10.6 Å². The highest BCUT2D eigenvalue weighted by atomic mass is 19.1. The molecule has 0 aromatic heterocycles. The van der Waals surface area contributed by atoms with Crippen LogP contribution in [0.3, 0.4) is 0 Å². The Morgan fingerprint density at radius 2 is 1.90 bits per heavy atom. The summed E-state index contributed by atoms with van der Waals surface area (Å²) in [7, 11) is 0. The van der Waals surface area contributed by atoms with E-state index in [1.165, 1.54) is 49.4 Å². The number of hydrogen-bond acceptors (Lipinski definition) is 4. The van der Waals surface area contributed by atoms with Crippen LogP contribution in [0.5, 0.6) is 0 Å². The second-order valence-electron chi connectivity index (χ2n) is 9.08. The van der Waals surface area contributed by atoms with Gasteiger partial charge in [0.1, 0.15) is 11.9 Å². The minimum atomic E-state index is -0.450. The van der Waals surface area contributed by atoms with Crippen molar-refractivity contribution in [2.45, 2.75) is 63.2 Å². The Morgan fingerprint density at radius 1 is 1.07 bits per heavy atom. The van der Waals surface area contributed by atoms with Gasteiger partial charge in [0.2, 0.25) is 0 Å². The maximum Gasteiger partial charge on any atom is 0.141 e. The molecular formula is C25H29FN4. The van der Waals surface area contributed by atoms with E-state index < -0.39 is 5.82 Å². The summed E-state index contributed by atoms with van der Waals surface area (Å²) < 4.78 is 14.4. The molecule has 0 unspecified atom stereocenters. The number of nitriles is 1. The average molecular weight is 405 g/mol. The zero-order valence-corrected chi connectivity index (χ0v) is 17.4. The van der Waals surface area contributed by atoms with Crippen molar-refractivity contribution in [3.05, 3.63) is 53.3 Å². The second-order valence-corrected chi connectivity index (χ2v) is 9.08. The van der Waals surface area contributed by atoms with E-state index in [1.54, 1.807) is 6.07 Å². The molecule has 0 spiro atoms. The average Bonchev–Trinajstić information content (AvgIpc) is 3.29. The zero-order valence-electron chi connectivity index (χ0n) is 17.4. The molecule has 0 aliphatic carbocycles. The van der Waals surface area contributed by atoms with E-state index in [9.17, 15) is 4.39 Å². The molecule has 5 rings (SSSR count). The highest BCUT2D eigenvalue weighted by Gasteiger charge is 2.44. The van der Waals surface area contributed by atoms with Crippen LogP contribution in [0.15, 0.2) is 36.4 Å². The highest BCUT2D eigenvalue weighted by Crippen LogP contribution is 2.39. The molecule has 0 saturated carbocycles. The van der Waals surface area contributed by atoms with Crippen LogP contribution in [0.2, 0.25) is 0 Å². The van der Waals surface area contributed by atoms with Gasteiger partial charge in [-0.15, -0.1) is 0 Å². The summed E-state index contributed by atoms with van der Waals surface area (Å²) >= 11 is 0. The predicted octanol–water partition coefficient (Wildman–Crippen LogP) is 4.42. The monoisotopic (exact) mass is 404 g/mol. The van der Waals surface area contributed by atoms with Gasteiger partial charge in [0.15, 0.2) is 0 Å². The first-order valence-electron chi connectivity index (χ1n) is 11.2. The molecule has 3 aliphatic heterocycles. The van der Waals surface area contributed by atoms with Crippen molar-refractivity contribution in [2.24, 2.45) is 5.73 Å². The number of anilines is 1. The number of rotatable bonds is 4. The van der Waals surface area contributed by atoms with E-state index in [1.807, 2.05) is 12.1 Å². The van der Waals surface area contributed by atoms with Gasteiger partial charge in [-0.1, -0.05) is 12.1 Å². The molecule has 2 bridgehead atoms. The molecular weight excluding hydrogens is 375 g/mol. The van der Waals surface area contributed by atoms with Crippen LogP contribution in [-0.4, -0.2) is 36.1 Å². The minimum Gasteiger partial charge on any atom is -0.371 e. The molecule has 3 aliphatic rings. The lowest BCUT2D eigenvalue weighted by Crippen LogP contribution is -2.36. The van der Waals surface area contributed by atoms with E-state index in [0.717, 1.165) is 37.2 Å². The molecule has 156 valence electrons. The van der Waals surface area contributed by atoms with Crippen LogP contribution in [0.1, 0.15) is 49.7 Å². The van der Waals surface area contributed by atoms with Gasteiger partial charge in [-0.3, -0.25) is 4.90 Å². The Labute approximate surface area is 178 Å². The first-order chi connectivity index (χ1) is 14.6. The van der Waals surface area contributed by atoms with Crippen LogP contribution in [0.4, 0.5) is 10.1 Å². The van der Waals surface area contributed by atoms with Gasteiger partial charge in [-0.2, -0.15) is 5.26 Å². The summed E-state index contributed by atoms with van der Waals surface area (Å²) in [5.74, 6) is -0.450. The minimum absolute atomic E-state index is 0.0945. The van der Waals surface area contributed by atoms with Crippen LogP contribution in [0.25, 0.3) is 11.1 Å². The van der Waals surface area contributed by atoms with Crippen LogP contribution < -0.4 is 10.6 Å². The molecule has 0 radical (unpaired) electrons. The van der Waals surface area contributed by atoms with E-state index >= 15 is 0 Å². The smallest absolute Gasteiger partial charge is 0.141 e. The Balaban J connectivity index is 1.51. The molecule has 3 fully saturated rings. The summed E-state index contributed by atoms with van der Waals surface area (Å²) in [5.41, 5.74) is 10.8. The van der Waals surface area contributed by atoms with Crippen molar-refractivity contribution in [3.63, 3.8) is 0 Å². The van der Waals surface area contributed by atoms with Crippen molar-refractivity contribution in [2.75, 3.05) is 18.0 Å². The lowest BCUT2D eigenvalue weighted by atomic mass is 9.96. The second kappa shape index (κ2) is 8.02. The number of fused-ring (bicyclic) bond motifs is 2. The van der Waals surface area contributed by atoms with Crippen molar-refractivity contribution in [1.29, 1.82) is 5.26 Å². The van der Waals surface area contributed by atoms with E-state index in [2.05, 4.69) is 28.0 Å². The van der Waals surface area contributed by atoms with E-state index in [-0.39, 0.29) is 5.56 Å². The number of nitrogens with two attached hydrogens (primary N) is 1. The molecule has 3 saturated heterocycles. The topological polar surface area (TPSA) is 56.3 Å². The molecule has 30 heavy (non-hydrogen) atoms. The van der Waals surface area contributed by atoms with E-state index in [0.29, 0.717) is 18.1 Å². The number of piperidine rings is 1. The van der Waals surface area contributed by atoms with Crippen LogP contribution in [0, 0.1) is 17.1 Å². The molecule has 3 heterocycles. The third-order valence-corrected chi connectivity index (χ3v) is 7.25. The predicted molar refractivity (Wildman–Crippen MR) is 118 cm³/mol. The first kappa shape index (κ1) is 19.5. The number of benzene rings is 2. The van der Waals surface area contributed by atoms with Gasteiger partial charge in [-0.25, -0.2) is 4.39 Å². The third kappa shape index (κ3) is 3.49. The Kier molecular flexibility index (Phi) is 5.22. The molecule has 4 nitrogen and oxygen atoms in total. The first-order valence-corrected chi connectivity index (χ1v) is 11.2. The van der Waals surface area contributed by atoms with Crippen molar-refractivity contribution in [3.8, 4) is 17.2 Å². The van der Waals surface area contributed by atoms with E-state index in [4.69, 9.17) is 11.0 Å². The molecule has 0 amide bonds. The normalized spacial score (nSPS) is 26.2. The molecule has 2 aromatic rings. The molecule has 2 N–H and O–H groups in total.